The van der Waals surface area contributed by atoms with Gasteiger partial charge in [-0.3, -0.25) is 9.78 Å². The molecule has 158 valence electrons. The van der Waals surface area contributed by atoms with Crippen LogP contribution in [0.15, 0.2) is 28.7 Å². The molecule has 0 spiro atoms. The normalized spacial score (nSPS) is 10.7. The molecule has 7 nitrogen and oxygen atoms in total. The topological polar surface area (TPSA) is 86.2 Å². The van der Waals surface area contributed by atoms with Crippen molar-refractivity contribution < 1.29 is 14.3 Å². The average molecular weight is 445 g/mol. The van der Waals surface area contributed by atoms with Gasteiger partial charge in [0.05, 0.1) is 19.0 Å². The molecule has 1 aromatic carbocycles. The van der Waals surface area contributed by atoms with Crippen LogP contribution >= 0.6 is 23.1 Å². The Morgan fingerprint density at radius 2 is 1.83 bits per heavy atom. The van der Waals surface area contributed by atoms with Crippen LogP contribution in [0.1, 0.15) is 27.4 Å². The summed E-state index contributed by atoms with van der Waals surface area (Å²) in [5.74, 6) is 1.34. The Balaban J connectivity index is 1.64. The predicted octanol–water partition coefficient (Wildman–Crippen LogP) is 4.49. The number of carbonyl (C=O) groups is 1. The lowest BCUT2D eigenvalue weighted by atomic mass is 10.1. The summed E-state index contributed by atoms with van der Waals surface area (Å²) in [6.45, 7) is 7.78. The maximum absolute atomic E-state index is 12.5. The number of methoxy groups -OCH3 is 1. The number of anilines is 1. The summed E-state index contributed by atoms with van der Waals surface area (Å²) in [4.78, 5) is 16.9. The van der Waals surface area contributed by atoms with Crippen LogP contribution in [0.2, 0.25) is 0 Å². The molecule has 3 aromatic rings. The number of rotatable bonds is 8. The molecule has 1 amide bonds. The number of pyridine rings is 1. The largest absolute Gasteiger partial charge is 0.491 e. The van der Waals surface area contributed by atoms with Gasteiger partial charge >= 0.3 is 0 Å². The number of ether oxygens (including phenoxy) is 2. The molecular weight excluding hydrogens is 420 g/mol. The fraction of sp³-hybridized carbons (Fsp3) is 0.333. The van der Waals surface area contributed by atoms with Crippen molar-refractivity contribution in [3.63, 3.8) is 0 Å². The number of nitrogens with one attached hydrogen (secondary N) is 1. The van der Waals surface area contributed by atoms with Crippen molar-refractivity contribution in [3.8, 4) is 11.5 Å². The number of thioether (sulfide) groups is 1. The van der Waals surface area contributed by atoms with Gasteiger partial charge < -0.3 is 14.8 Å². The first-order valence-corrected chi connectivity index (χ1v) is 11.1. The van der Waals surface area contributed by atoms with Gasteiger partial charge in [-0.2, -0.15) is 0 Å². The SMILES string of the molecule is COc1cnc(CSc2nnc(C)s2)cc1OCC(=O)Nc1c(C)cc(C)cc1C. The number of aromatic nitrogens is 3. The lowest BCUT2D eigenvalue weighted by Gasteiger charge is -2.14. The molecule has 0 aliphatic carbocycles. The highest BCUT2D eigenvalue weighted by Crippen LogP contribution is 2.30. The summed E-state index contributed by atoms with van der Waals surface area (Å²) in [5.41, 5.74) is 4.83. The molecule has 3 rings (SSSR count). The molecule has 0 aliphatic heterocycles. The van der Waals surface area contributed by atoms with Crippen molar-refractivity contribution in [3.05, 3.63) is 51.8 Å². The second-order valence-electron chi connectivity index (χ2n) is 6.81. The first kappa shape index (κ1) is 22.0. The summed E-state index contributed by atoms with van der Waals surface area (Å²) in [7, 11) is 1.54. The third-order valence-corrected chi connectivity index (χ3v) is 6.26. The van der Waals surface area contributed by atoms with Crippen LogP contribution in [-0.2, 0) is 10.5 Å². The zero-order chi connectivity index (χ0) is 21.7. The molecule has 2 aromatic heterocycles. The van der Waals surface area contributed by atoms with Crippen molar-refractivity contribution >= 4 is 34.7 Å². The molecular formula is C21H24N4O3S2. The van der Waals surface area contributed by atoms with E-state index in [-0.39, 0.29) is 12.5 Å². The minimum Gasteiger partial charge on any atom is -0.491 e. The smallest absolute Gasteiger partial charge is 0.262 e. The van der Waals surface area contributed by atoms with Gasteiger partial charge in [-0.1, -0.05) is 40.8 Å². The van der Waals surface area contributed by atoms with E-state index in [1.165, 1.54) is 0 Å². The maximum atomic E-state index is 12.5. The van der Waals surface area contributed by atoms with Crippen molar-refractivity contribution in [2.24, 2.45) is 0 Å². The third-order valence-electron chi connectivity index (χ3n) is 4.26. The van der Waals surface area contributed by atoms with Crippen LogP contribution in [0.25, 0.3) is 0 Å². The molecule has 1 N–H and O–H groups in total. The Morgan fingerprint density at radius 1 is 1.10 bits per heavy atom. The van der Waals surface area contributed by atoms with Gasteiger partial charge in [0.25, 0.3) is 5.91 Å². The fourth-order valence-electron chi connectivity index (χ4n) is 2.98. The molecule has 0 aliphatic rings. The number of nitrogens with zero attached hydrogens (tertiary/aromatic N) is 3. The van der Waals surface area contributed by atoms with Gasteiger partial charge in [-0.05, 0) is 38.8 Å². The number of benzene rings is 1. The Morgan fingerprint density at radius 3 is 2.47 bits per heavy atom. The molecule has 2 heterocycles. The second kappa shape index (κ2) is 9.90. The van der Waals surface area contributed by atoms with Crippen molar-refractivity contribution in [1.82, 2.24) is 15.2 Å². The number of amides is 1. The Hall–Kier alpha value is -2.65. The average Bonchev–Trinajstić information content (AvgIpc) is 3.12. The Bertz CT molecular complexity index is 1030. The minimum absolute atomic E-state index is 0.130. The molecule has 30 heavy (non-hydrogen) atoms. The van der Waals surface area contributed by atoms with Crippen LogP contribution in [0.5, 0.6) is 11.5 Å². The highest BCUT2D eigenvalue weighted by atomic mass is 32.2. The third kappa shape index (κ3) is 5.70. The van der Waals surface area contributed by atoms with E-state index in [4.69, 9.17) is 9.47 Å². The molecule has 0 atom stereocenters. The van der Waals surface area contributed by atoms with Crippen LogP contribution in [-0.4, -0.2) is 34.8 Å². The van der Waals surface area contributed by atoms with E-state index in [9.17, 15) is 4.79 Å². The summed E-state index contributed by atoms with van der Waals surface area (Å²) in [5, 5.41) is 12.0. The highest BCUT2D eigenvalue weighted by molar-refractivity contribution is 8.00. The first-order chi connectivity index (χ1) is 14.4. The molecule has 9 heteroatoms. The van der Waals surface area contributed by atoms with E-state index in [1.807, 2.05) is 39.8 Å². The number of carbonyl (C=O) groups excluding carboxylic acids is 1. The van der Waals surface area contributed by atoms with Crippen LogP contribution in [0.3, 0.4) is 0 Å². The van der Waals surface area contributed by atoms with E-state index in [0.29, 0.717) is 17.3 Å². The van der Waals surface area contributed by atoms with Gasteiger partial charge in [0.1, 0.15) is 5.01 Å². The summed E-state index contributed by atoms with van der Waals surface area (Å²) >= 11 is 3.09. The lowest BCUT2D eigenvalue weighted by Crippen LogP contribution is -2.21. The monoisotopic (exact) mass is 444 g/mol. The van der Waals surface area contributed by atoms with Gasteiger partial charge in [0.2, 0.25) is 0 Å². The second-order valence-corrected chi connectivity index (χ2v) is 9.22. The predicted molar refractivity (Wildman–Crippen MR) is 120 cm³/mol. The van der Waals surface area contributed by atoms with Crippen LogP contribution in [0.4, 0.5) is 5.69 Å². The molecule has 0 saturated heterocycles. The number of hydrogen-bond acceptors (Lipinski definition) is 8. The number of hydrogen-bond donors (Lipinski definition) is 1. The van der Waals surface area contributed by atoms with Crippen molar-refractivity contribution in [2.45, 2.75) is 37.8 Å². The zero-order valence-electron chi connectivity index (χ0n) is 17.6. The molecule has 0 saturated carbocycles. The molecule has 0 unspecified atom stereocenters. The van der Waals surface area contributed by atoms with E-state index in [0.717, 1.165) is 37.4 Å². The molecule has 0 radical (unpaired) electrons. The van der Waals surface area contributed by atoms with E-state index < -0.39 is 0 Å². The van der Waals surface area contributed by atoms with E-state index in [1.54, 1.807) is 42.5 Å². The Kier molecular flexibility index (Phi) is 7.28. The summed E-state index contributed by atoms with van der Waals surface area (Å²) in [6, 6.07) is 5.87. The summed E-state index contributed by atoms with van der Waals surface area (Å²) in [6.07, 6.45) is 1.60. The molecule has 0 fully saturated rings. The first-order valence-electron chi connectivity index (χ1n) is 9.32. The van der Waals surface area contributed by atoms with Crippen LogP contribution in [0, 0.1) is 27.7 Å². The minimum atomic E-state index is -0.232. The maximum Gasteiger partial charge on any atom is 0.262 e. The summed E-state index contributed by atoms with van der Waals surface area (Å²) < 4.78 is 12.0. The quantitative estimate of drug-likeness (QED) is 0.513. The van der Waals surface area contributed by atoms with Gasteiger partial charge in [0, 0.05) is 17.5 Å². The molecule has 0 bridgehead atoms. The van der Waals surface area contributed by atoms with Crippen molar-refractivity contribution in [1.29, 1.82) is 0 Å². The standard InChI is InChI=1S/C21H24N4O3S2/c1-12-6-13(2)20(14(3)7-12)23-19(26)10-28-17-8-16(22-9-18(17)27-5)11-29-21-25-24-15(4)30-21/h6-9H,10-11H2,1-5H3,(H,23,26). The van der Waals surface area contributed by atoms with Gasteiger partial charge in [-0.25, -0.2) is 0 Å². The zero-order valence-corrected chi connectivity index (χ0v) is 19.2. The Labute approximate surface area is 184 Å². The van der Waals surface area contributed by atoms with Crippen LogP contribution < -0.4 is 14.8 Å². The lowest BCUT2D eigenvalue weighted by molar-refractivity contribution is -0.118. The van der Waals surface area contributed by atoms with Crippen molar-refractivity contribution in [2.75, 3.05) is 19.0 Å². The van der Waals surface area contributed by atoms with E-state index >= 15 is 0 Å². The van der Waals surface area contributed by atoms with Gasteiger partial charge in [-0.15, -0.1) is 10.2 Å². The fourth-order valence-corrected chi connectivity index (χ4v) is 4.70. The number of aryl methyl sites for hydroxylation is 4. The van der Waals surface area contributed by atoms with E-state index in [2.05, 4.69) is 20.5 Å². The van der Waals surface area contributed by atoms with Gasteiger partial charge in [0.15, 0.2) is 22.4 Å². The highest BCUT2D eigenvalue weighted by Gasteiger charge is 2.13.